The molecule has 0 N–H and O–H groups in total. The quantitative estimate of drug-likeness (QED) is 0.177. The maximum absolute atomic E-state index is 14.7. The third-order valence-electron chi connectivity index (χ3n) is 12.6. The molecule has 320 valence electrons. The Labute approximate surface area is 344 Å². The lowest BCUT2D eigenvalue weighted by molar-refractivity contribution is -0.295. The molecule has 0 aliphatic carbocycles. The highest BCUT2D eigenvalue weighted by Crippen LogP contribution is 2.40. The monoisotopic (exact) mass is 807 g/mol. The summed E-state index contributed by atoms with van der Waals surface area (Å²) in [7, 11) is 7.48. The second kappa shape index (κ2) is 19.0. The average molecular weight is 808 g/mol. The minimum atomic E-state index is -1.55. The van der Waals surface area contributed by atoms with E-state index in [4.69, 9.17) is 28.4 Å². The predicted octanol–water partition coefficient (Wildman–Crippen LogP) is 5.99. The van der Waals surface area contributed by atoms with Crippen molar-refractivity contribution in [1.82, 2.24) is 14.7 Å². The molecule has 0 radical (unpaired) electrons. The molecule has 3 aliphatic rings. The molecule has 2 aromatic rings. The normalized spacial score (nSPS) is 31.1. The van der Waals surface area contributed by atoms with Crippen LogP contribution in [-0.4, -0.2) is 135 Å². The van der Waals surface area contributed by atoms with Crippen molar-refractivity contribution in [2.75, 3.05) is 54.5 Å². The van der Waals surface area contributed by atoms with Crippen LogP contribution in [0.25, 0.3) is 0 Å². The molecule has 8 atom stereocenters. The first-order valence-corrected chi connectivity index (χ1v) is 20.6. The molecule has 13 heteroatoms. The average Bonchev–Trinajstić information content (AvgIpc) is 3.21. The van der Waals surface area contributed by atoms with E-state index in [9.17, 15) is 19.2 Å². The number of ketones is 1. The molecule has 58 heavy (non-hydrogen) atoms. The van der Waals surface area contributed by atoms with E-state index >= 15 is 0 Å². The van der Waals surface area contributed by atoms with Gasteiger partial charge in [0.2, 0.25) is 0 Å². The first-order chi connectivity index (χ1) is 27.4. The Kier molecular flexibility index (Phi) is 14.8. The van der Waals surface area contributed by atoms with E-state index in [2.05, 4.69) is 11.8 Å². The van der Waals surface area contributed by atoms with Gasteiger partial charge in [0.05, 0.1) is 35.0 Å². The number of carbonyl (C=O) groups excluding carboxylic acids is 4. The summed E-state index contributed by atoms with van der Waals surface area (Å²) in [6.07, 6.45) is -1.35. The van der Waals surface area contributed by atoms with Crippen molar-refractivity contribution in [2.24, 2.45) is 17.3 Å². The molecule has 3 heterocycles. The summed E-state index contributed by atoms with van der Waals surface area (Å²) in [6, 6.07) is 18.1. The van der Waals surface area contributed by atoms with Crippen LogP contribution in [0, 0.1) is 17.3 Å². The fraction of sp³-hybridized carbons (Fsp3) is 0.644. The Hall–Kier alpha value is -3.88. The van der Waals surface area contributed by atoms with Crippen molar-refractivity contribution in [3.05, 3.63) is 71.8 Å². The molecular weight excluding hydrogens is 743 g/mol. The molecule has 5 rings (SSSR count). The van der Waals surface area contributed by atoms with E-state index in [1.54, 1.807) is 57.0 Å². The van der Waals surface area contributed by atoms with Crippen LogP contribution in [0.2, 0.25) is 0 Å². The number of ether oxygens (including phenoxy) is 6. The second-order valence-corrected chi connectivity index (χ2v) is 17.7. The van der Waals surface area contributed by atoms with E-state index in [-0.39, 0.29) is 43.2 Å². The molecule has 3 fully saturated rings. The number of likely N-dealkylation sites (tertiary alicyclic amines) is 1. The van der Waals surface area contributed by atoms with E-state index in [0.717, 1.165) is 5.56 Å². The maximum atomic E-state index is 14.7. The highest BCUT2D eigenvalue weighted by atomic mass is 16.7. The first kappa shape index (κ1) is 45.2. The molecule has 3 saturated heterocycles. The van der Waals surface area contributed by atoms with E-state index in [0.29, 0.717) is 50.9 Å². The minimum Gasteiger partial charge on any atom is -0.463 e. The number of amides is 1. The van der Waals surface area contributed by atoms with Crippen LogP contribution >= 0.6 is 0 Å². The van der Waals surface area contributed by atoms with E-state index in [1.165, 1.54) is 0 Å². The van der Waals surface area contributed by atoms with E-state index in [1.807, 2.05) is 76.3 Å². The van der Waals surface area contributed by atoms with Gasteiger partial charge in [0.15, 0.2) is 18.2 Å². The molecule has 0 aromatic heterocycles. The second-order valence-electron chi connectivity index (χ2n) is 17.7. The van der Waals surface area contributed by atoms with Crippen LogP contribution in [0.15, 0.2) is 60.7 Å². The summed E-state index contributed by atoms with van der Waals surface area (Å²) in [4.78, 5) is 61.3. The Morgan fingerprint density at radius 1 is 0.931 bits per heavy atom. The summed E-state index contributed by atoms with van der Waals surface area (Å²) < 4.78 is 37.8. The van der Waals surface area contributed by atoms with Crippen LogP contribution in [-0.2, 0) is 44.6 Å². The molecular formula is C45H65N3O10. The van der Waals surface area contributed by atoms with Gasteiger partial charge in [-0.2, -0.15) is 0 Å². The smallest absolute Gasteiger partial charge is 0.410 e. The molecule has 1 spiro atoms. The summed E-state index contributed by atoms with van der Waals surface area (Å²) in [5.41, 5.74) is -1.90. The van der Waals surface area contributed by atoms with Gasteiger partial charge < -0.3 is 38.2 Å². The fourth-order valence-corrected chi connectivity index (χ4v) is 8.94. The zero-order valence-corrected chi connectivity index (χ0v) is 36.1. The molecule has 2 aromatic carbocycles. The lowest BCUT2D eigenvalue weighted by Gasteiger charge is -2.48. The van der Waals surface area contributed by atoms with Gasteiger partial charge in [-0.05, 0) is 98.1 Å². The van der Waals surface area contributed by atoms with Crippen molar-refractivity contribution in [1.29, 1.82) is 0 Å². The minimum absolute atomic E-state index is 0.00554. The number of benzene rings is 2. The van der Waals surface area contributed by atoms with Crippen LogP contribution in [0.5, 0.6) is 0 Å². The molecule has 0 bridgehead atoms. The van der Waals surface area contributed by atoms with Gasteiger partial charge in [0.25, 0.3) is 0 Å². The van der Waals surface area contributed by atoms with Crippen molar-refractivity contribution in [2.45, 2.75) is 116 Å². The number of rotatable bonds is 8. The molecule has 1 amide bonds. The number of hydrogen-bond acceptors (Lipinski definition) is 12. The Bertz CT molecular complexity index is 1700. The number of methoxy groups -OCH3 is 1. The van der Waals surface area contributed by atoms with Crippen LogP contribution in [0.3, 0.4) is 0 Å². The highest BCUT2D eigenvalue weighted by Gasteiger charge is 2.53. The highest BCUT2D eigenvalue weighted by molar-refractivity contribution is 6.04. The van der Waals surface area contributed by atoms with Crippen LogP contribution in [0.1, 0.15) is 83.1 Å². The Balaban J connectivity index is 1.41. The summed E-state index contributed by atoms with van der Waals surface area (Å²) in [6.45, 7) is 12.6. The molecule has 0 unspecified atom stereocenters. The van der Waals surface area contributed by atoms with E-state index < -0.39 is 52.9 Å². The summed E-state index contributed by atoms with van der Waals surface area (Å²) >= 11 is 0. The van der Waals surface area contributed by atoms with Gasteiger partial charge >= 0.3 is 18.0 Å². The largest absolute Gasteiger partial charge is 0.463 e. The van der Waals surface area contributed by atoms with Crippen LogP contribution in [0.4, 0.5) is 4.79 Å². The fourth-order valence-electron chi connectivity index (χ4n) is 8.94. The van der Waals surface area contributed by atoms with Gasteiger partial charge in [-0.25, -0.2) is 9.59 Å². The lowest BCUT2D eigenvalue weighted by atomic mass is 9.74. The van der Waals surface area contributed by atoms with Crippen LogP contribution < -0.4 is 0 Å². The number of hydrogen-bond donors (Lipinski definition) is 0. The number of nitrogens with zero attached hydrogens (tertiary/aromatic N) is 3. The first-order valence-electron chi connectivity index (χ1n) is 20.6. The summed E-state index contributed by atoms with van der Waals surface area (Å²) in [5.74, 6) is -2.40. The van der Waals surface area contributed by atoms with Gasteiger partial charge in [0.1, 0.15) is 18.6 Å². The third kappa shape index (κ3) is 10.3. The molecule has 13 nitrogen and oxygen atoms in total. The maximum Gasteiger partial charge on any atom is 0.410 e. The number of likely N-dealkylation sites (N-methyl/N-ethyl adjacent to an activating group) is 2. The predicted molar refractivity (Wildman–Crippen MR) is 218 cm³/mol. The van der Waals surface area contributed by atoms with Gasteiger partial charge in [-0.1, -0.05) is 62.4 Å². The molecule has 0 saturated carbocycles. The standard InChI is InChI=1S/C45H65N3O10/c1-30-26-44(6,53-10)38(58-40-36(35(46(7)8)25-31(2)56-40)57-39(50)34-19-15-12-16-20-34)32(3)37(49)43(4,5)41(51)55-29-45(47(9)27-30)21-23-48(24-22-45)42(52)54-28-33-17-13-11-14-18-33/h11-20,30-32,35-36,38,40H,21-29H2,1-10H3/t30-,31-,32+,35+,36-,38-,40+,44-/m1/s1. The lowest BCUT2D eigenvalue weighted by Crippen LogP contribution is -2.60. The number of piperidine rings is 1. The molecule has 3 aliphatic heterocycles. The topological polar surface area (TPSA) is 133 Å². The summed E-state index contributed by atoms with van der Waals surface area (Å²) in [5, 5.41) is 0. The van der Waals surface area contributed by atoms with Crippen molar-refractivity contribution in [3.63, 3.8) is 0 Å². The van der Waals surface area contributed by atoms with Gasteiger partial charge in [0, 0.05) is 32.7 Å². The zero-order valence-electron chi connectivity index (χ0n) is 36.1. The Morgan fingerprint density at radius 3 is 2.16 bits per heavy atom. The number of cyclic esters (lactones) is 1. The number of Topliss-reactive ketones (excluding diaryl/α,β-unsaturated/α-hetero) is 1. The van der Waals surface area contributed by atoms with Crippen molar-refractivity contribution in [3.8, 4) is 0 Å². The third-order valence-corrected chi connectivity index (χ3v) is 12.6. The number of esters is 2. The zero-order chi connectivity index (χ0) is 42.4. The van der Waals surface area contributed by atoms with Crippen molar-refractivity contribution < 1.29 is 47.6 Å². The van der Waals surface area contributed by atoms with Gasteiger partial charge in [-0.3, -0.25) is 14.5 Å². The Morgan fingerprint density at radius 2 is 1.55 bits per heavy atom. The number of carbonyl (C=O) groups is 4. The van der Waals surface area contributed by atoms with Gasteiger partial charge in [-0.15, -0.1) is 0 Å². The van der Waals surface area contributed by atoms with Crippen molar-refractivity contribution >= 4 is 23.8 Å². The SMILES string of the molecule is CO[C@]1(C)C[C@@H](C)CN(C)C2(CCN(C(=O)OCc3ccccc3)CC2)COC(=O)C(C)(C)C(=O)[C@H](C)[C@H]1O[C@@H]1O[C@H](C)C[C@H](N(C)C)[C@H]1OC(=O)c1ccccc1.